The zero-order valence-electron chi connectivity index (χ0n) is 15.9. The van der Waals surface area contributed by atoms with Gasteiger partial charge in [-0.15, -0.1) is 0 Å². The molecule has 1 saturated heterocycles. The normalized spacial score (nSPS) is 16.9. The van der Waals surface area contributed by atoms with Crippen LogP contribution in [0.3, 0.4) is 0 Å². The molecule has 5 nitrogen and oxygen atoms in total. The molecule has 1 N–H and O–H groups in total. The van der Waals surface area contributed by atoms with Gasteiger partial charge < -0.3 is 19.7 Å². The molecule has 1 fully saturated rings. The Hall–Kier alpha value is -2.37. The first-order valence-electron chi connectivity index (χ1n) is 9.61. The van der Waals surface area contributed by atoms with Gasteiger partial charge in [0.1, 0.15) is 6.10 Å². The molecule has 0 bridgehead atoms. The second-order valence-corrected chi connectivity index (χ2v) is 6.70. The van der Waals surface area contributed by atoms with Crippen molar-refractivity contribution in [1.82, 2.24) is 10.2 Å². The van der Waals surface area contributed by atoms with Gasteiger partial charge in [0.2, 0.25) is 0 Å². The van der Waals surface area contributed by atoms with E-state index in [2.05, 4.69) is 18.3 Å². The van der Waals surface area contributed by atoms with Gasteiger partial charge in [-0.1, -0.05) is 61.5 Å². The third kappa shape index (κ3) is 5.55. The number of ether oxygens (including phenoxy) is 2. The number of carbonyl (C=O) groups is 1. The van der Waals surface area contributed by atoms with E-state index in [1.165, 1.54) is 0 Å². The van der Waals surface area contributed by atoms with E-state index >= 15 is 0 Å². The van der Waals surface area contributed by atoms with E-state index < -0.39 is 0 Å². The topological polar surface area (TPSA) is 50.8 Å². The molecule has 5 heteroatoms. The molecule has 144 valence electrons. The van der Waals surface area contributed by atoms with Gasteiger partial charge in [-0.2, -0.15) is 0 Å². The lowest BCUT2D eigenvalue weighted by Crippen LogP contribution is -2.47. The summed E-state index contributed by atoms with van der Waals surface area (Å²) in [5.74, 6) is 0. The SMILES string of the molecule is CCCOCc1ccccc1CNC(=O)N1CCOC(c2ccccc2)C1. The summed E-state index contributed by atoms with van der Waals surface area (Å²) in [5.41, 5.74) is 3.32. The van der Waals surface area contributed by atoms with Gasteiger partial charge in [-0.05, 0) is 23.1 Å². The molecule has 3 rings (SSSR count). The minimum Gasteiger partial charge on any atom is -0.377 e. The van der Waals surface area contributed by atoms with Crippen LogP contribution in [0.1, 0.15) is 36.1 Å². The van der Waals surface area contributed by atoms with Gasteiger partial charge in [-0.25, -0.2) is 4.79 Å². The highest BCUT2D eigenvalue weighted by Gasteiger charge is 2.25. The number of benzene rings is 2. The van der Waals surface area contributed by atoms with Crippen molar-refractivity contribution in [2.45, 2.75) is 32.6 Å². The zero-order valence-corrected chi connectivity index (χ0v) is 15.9. The lowest BCUT2D eigenvalue weighted by Gasteiger charge is -2.33. The van der Waals surface area contributed by atoms with Crippen molar-refractivity contribution in [2.75, 3.05) is 26.3 Å². The van der Waals surface area contributed by atoms with E-state index in [0.717, 1.165) is 29.7 Å². The molecular formula is C22H28N2O3. The number of hydrogen-bond acceptors (Lipinski definition) is 3. The zero-order chi connectivity index (χ0) is 18.9. The second-order valence-electron chi connectivity index (χ2n) is 6.70. The van der Waals surface area contributed by atoms with Crippen molar-refractivity contribution in [3.8, 4) is 0 Å². The Kier molecular flexibility index (Phi) is 7.25. The largest absolute Gasteiger partial charge is 0.377 e. The number of amides is 2. The van der Waals surface area contributed by atoms with Crippen LogP contribution in [0.5, 0.6) is 0 Å². The monoisotopic (exact) mass is 368 g/mol. The molecule has 1 aliphatic heterocycles. The predicted octanol–water partition coefficient (Wildman–Crippen LogP) is 3.90. The standard InChI is InChI=1S/C22H28N2O3/c1-2-13-26-17-20-11-7-6-10-19(20)15-23-22(25)24-12-14-27-21(16-24)18-8-4-3-5-9-18/h3-11,21H,2,12-17H2,1H3,(H,23,25). The minimum absolute atomic E-state index is 0.0523. The van der Waals surface area contributed by atoms with E-state index in [4.69, 9.17) is 9.47 Å². The molecule has 2 aromatic carbocycles. The molecular weight excluding hydrogens is 340 g/mol. The van der Waals surface area contributed by atoms with E-state index in [1.807, 2.05) is 53.4 Å². The first kappa shape index (κ1) is 19.4. The Labute approximate surface area is 161 Å². The van der Waals surface area contributed by atoms with E-state index in [-0.39, 0.29) is 12.1 Å². The highest BCUT2D eigenvalue weighted by Crippen LogP contribution is 2.22. The lowest BCUT2D eigenvalue weighted by molar-refractivity contribution is -0.0154. The molecule has 0 spiro atoms. The van der Waals surface area contributed by atoms with Crippen molar-refractivity contribution in [1.29, 1.82) is 0 Å². The van der Waals surface area contributed by atoms with Crippen LogP contribution in [-0.2, 0) is 22.6 Å². The summed E-state index contributed by atoms with van der Waals surface area (Å²) in [6, 6.07) is 18.1. The number of morpholine rings is 1. The number of rotatable bonds is 7. The number of nitrogens with zero attached hydrogens (tertiary/aromatic N) is 1. The molecule has 1 unspecified atom stereocenters. The number of nitrogens with one attached hydrogen (secondary N) is 1. The molecule has 1 heterocycles. The first-order chi connectivity index (χ1) is 13.3. The minimum atomic E-state index is -0.0690. The van der Waals surface area contributed by atoms with Gasteiger partial charge in [0.25, 0.3) is 0 Å². The van der Waals surface area contributed by atoms with Crippen LogP contribution in [0.25, 0.3) is 0 Å². The van der Waals surface area contributed by atoms with Crippen molar-refractivity contribution in [2.24, 2.45) is 0 Å². The van der Waals surface area contributed by atoms with Gasteiger partial charge >= 0.3 is 6.03 Å². The highest BCUT2D eigenvalue weighted by atomic mass is 16.5. The van der Waals surface area contributed by atoms with Crippen molar-refractivity contribution in [3.63, 3.8) is 0 Å². The Morgan fingerprint density at radius 2 is 1.89 bits per heavy atom. The Morgan fingerprint density at radius 1 is 1.15 bits per heavy atom. The summed E-state index contributed by atoms with van der Waals surface area (Å²) in [4.78, 5) is 14.5. The van der Waals surface area contributed by atoms with E-state index in [1.54, 1.807) is 0 Å². The molecule has 1 atom stereocenters. The smallest absolute Gasteiger partial charge is 0.317 e. The molecule has 2 amide bonds. The van der Waals surface area contributed by atoms with E-state index in [0.29, 0.717) is 32.8 Å². The Balaban J connectivity index is 1.55. The van der Waals surface area contributed by atoms with Crippen LogP contribution in [0, 0.1) is 0 Å². The summed E-state index contributed by atoms with van der Waals surface area (Å²) >= 11 is 0. The maximum absolute atomic E-state index is 12.6. The lowest BCUT2D eigenvalue weighted by atomic mass is 10.1. The third-order valence-corrected chi connectivity index (χ3v) is 4.68. The average Bonchev–Trinajstić information content (AvgIpc) is 2.74. The maximum Gasteiger partial charge on any atom is 0.317 e. The fraction of sp³-hybridized carbons (Fsp3) is 0.409. The highest BCUT2D eigenvalue weighted by molar-refractivity contribution is 5.74. The van der Waals surface area contributed by atoms with Crippen LogP contribution in [0.15, 0.2) is 54.6 Å². The van der Waals surface area contributed by atoms with Crippen molar-refractivity contribution in [3.05, 3.63) is 71.3 Å². The summed E-state index contributed by atoms with van der Waals surface area (Å²) in [6.45, 7) is 5.64. The Morgan fingerprint density at radius 3 is 2.67 bits per heavy atom. The second kappa shape index (κ2) is 10.1. The van der Waals surface area contributed by atoms with Gasteiger partial charge in [-0.3, -0.25) is 0 Å². The third-order valence-electron chi connectivity index (χ3n) is 4.68. The predicted molar refractivity (Wildman–Crippen MR) is 105 cm³/mol. The average molecular weight is 368 g/mol. The molecule has 2 aromatic rings. The summed E-state index contributed by atoms with van der Waals surface area (Å²) in [5, 5.41) is 3.05. The van der Waals surface area contributed by atoms with Crippen LogP contribution in [0.4, 0.5) is 4.79 Å². The van der Waals surface area contributed by atoms with Crippen LogP contribution in [-0.4, -0.2) is 37.2 Å². The summed E-state index contributed by atoms with van der Waals surface area (Å²) in [6.07, 6.45) is 0.929. The summed E-state index contributed by atoms with van der Waals surface area (Å²) < 4.78 is 11.5. The fourth-order valence-electron chi connectivity index (χ4n) is 3.18. The molecule has 0 saturated carbocycles. The van der Waals surface area contributed by atoms with Crippen LogP contribution < -0.4 is 5.32 Å². The van der Waals surface area contributed by atoms with Crippen molar-refractivity contribution < 1.29 is 14.3 Å². The van der Waals surface area contributed by atoms with Crippen LogP contribution in [0.2, 0.25) is 0 Å². The Bertz CT molecular complexity index is 721. The maximum atomic E-state index is 12.6. The fourth-order valence-corrected chi connectivity index (χ4v) is 3.18. The van der Waals surface area contributed by atoms with Crippen molar-refractivity contribution >= 4 is 6.03 Å². The number of carbonyl (C=O) groups excluding carboxylic acids is 1. The molecule has 0 radical (unpaired) electrons. The molecule has 1 aliphatic rings. The van der Waals surface area contributed by atoms with E-state index in [9.17, 15) is 4.79 Å². The van der Waals surface area contributed by atoms with Gasteiger partial charge in [0, 0.05) is 19.7 Å². The first-order valence-corrected chi connectivity index (χ1v) is 9.61. The molecule has 0 aliphatic carbocycles. The molecule has 27 heavy (non-hydrogen) atoms. The quantitative estimate of drug-likeness (QED) is 0.754. The number of urea groups is 1. The number of hydrogen-bond donors (Lipinski definition) is 1. The van der Waals surface area contributed by atoms with Gasteiger partial charge in [0.05, 0.1) is 19.8 Å². The van der Waals surface area contributed by atoms with Gasteiger partial charge in [0.15, 0.2) is 0 Å². The molecule has 0 aromatic heterocycles. The summed E-state index contributed by atoms with van der Waals surface area (Å²) in [7, 11) is 0. The van der Waals surface area contributed by atoms with Crippen LogP contribution >= 0.6 is 0 Å².